The third-order valence-electron chi connectivity index (χ3n) is 1.90. The molecule has 0 amide bonds. The van der Waals surface area contributed by atoms with Gasteiger partial charge in [0.05, 0.1) is 5.69 Å². The molecule has 0 saturated carbocycles. The van der Waals surface area contributed by atoms with Gasteiger partial charge in [-0.25, -0.2) is 0 Å². The molecule has 6 nitrogen and oxygen atoms in total. The highest BCUT2D eigenvalue weighted by Gasteiger charge is 2.13. The lowest BCUT2D eigenvalue weighted by Gasteiger charge is -2.14. The maximum absolute atomic E-state index is 11.7. The molecule has 1 aromatic carbocycles. The Labute approximate surface area is 108 Å². The van der Waals surface area contributed by atoms with E-state index in [0.29, 0.717) is 24.6 Å². The average molecular weight is 273 g/mol. The maximum atomic E-state index is 11.7. The first-order valence-electron chi connectivity index (χ1n) is 5.66. The topological polar surface area (TPSA) is 93.5 Å². The Morgan fingerprint density at radius 1 is 1.33 bits per heavy atom. The van der Waals surface area contributed by atoms with E-state index in [1.165, 1.54) is 0 Å². The predicted molar refractivity (Wildman–Crippen MR) is 71.8 cm³/mol. The molecule has 0 saturated heterocycles. The number of hydrogen-bond donors (Lipinski definition) is 3. The first kappa shape index (κ1) is 14.7. The van der Waals surface area contributed by atoms with Crippen LogP contribution in [-0.2, 0) is 10.2 Å². The van der Waals surface area contributed by atoms with Crippen molar-refractivity contribution in [2.75, 3.05) is 17.9 Å². The van der Waals surface area contributed by atoms with Gasteiger partial charge >= 0.3 is 0 Å². The molecular formula is C11H19N3O3S. The van der Waals surface area contributed by atoms with E-state index in [1.807, 2.05) is 0 Å². The van der Waals surface area contributed by atoms with E-state index in [-0.39, 0.29) is 6.04 Å². The third kappa shape index (κ3) is 4.91. The summed E-state index contributed by atoms with van der Waals surface area (Å²) >= 11 is 0. The molecular weight excluding hydrogens is 254 g/mol. The van der Waals surface area contributed by atoms with Gasteiger partial charge in [0.15, 0.2) is 0 Å². The van der Waals surface area contributed by atoms with Gasteiger partial charge in [-0.3, -0.25) is 4.72 Å². The lowest BCUT2D eigenvalue weighted by Crippen LogP contribution is -2.35. The summed E-state index contributed by atoms with van der Waals surface area (Å²) in [5.74, 6) is 0.456. The first-order chi connectivity index (χ1) is 8.44. The minimum absolute atomic E-state index is 0.181. The molecule has 1 aromatic rings. The van der Waals surface area contributed by atoms with Crippen molar-refractivity contribution in [3.05, 3.63) is 24.3 Å². The molecule has 0 aliphatic rings. The molecule has 1 rings (SSSR count). The van der Waals surface area contributed by atoms with E-state index in [1.54, 1.807) is 38.1 Å². The van der Waals surface area contributed by atoms with Gasteiger partial charge in [0.25, 0.3) is 10.2 Å². The van der Waals surface area contributed by atoms with Gasteiger partial charge in [-0.2, -0.15) is 13.1 Å². The molecule has 102 valence electrons. The van der Waals surface area contributed by atoms with Gasteiger partial charge in [-0.05, 0) is 26.0 Å². The number of hydrogen-bond acceptors (Lipinski definition) is 4. The van der Waals surface area contributed by atoms with Crippen molar-refractivity contribution < 1.29 is 13.2 Å². The summed E-state index contributed by atoms with van der Waals surface area (Å²) < 4.78 is 33.7. The van der Waals surface area contributed by atoms with Crippen LogP contribution in [-0.4, -0.2) is 27.6 Å². The zero-order valence-corrected chi connectivity index (χ0v) is 11.3. The van der Waals surface area contributed by atoms with E-state index < -0.39 is 10.2 Å². The van der Waals surface area contributed by atoms with Gasteiger partial charge in [0.1, 0.15) is 12.4 Å². The molecule has 0 aliphatic heterocycles. The number of para-hydroxylation sites is 2. The Morgan fingerprint density at radius 3 is 2.61 bits per heavy atom. The SMILES string of the molecule is CC(C)NS(=O)(=O)Nc1ccccc1OCCN. The Morgan fingerprint density at radius 2 is 2.00 bits per heavy atom. The standard InChI is InChI=1S/C11H19N3O3S/c1-9(2)13-18(15,16)14-10-5-3-4-6-11(10)17-8-7-12/h3-6,9,13-14H,7-8,12H2,1-2H3. The Kier molecular flexibility index (Phi) is 5.39. The molecule has 0 fully saturated rings. The van der Waals surface area contributed by atoms with Crippen LogP contribution < -0.4 is 19.9 Å². The average Bonchev–Trinajstić information content (AvgIpc) is 2.25. The highest BCUT2D eigenvalue weighted by molar-refractivity contribution is 7.90. The smallest absolute Gasteiger partial charge is 0.299 e. The van der Waals surface area contributed by atoms with E-state index in [9.17, 15) is 8.42 Å². The van der Waals surface area contributed by atoms with Crippen LogP contribution in [0.25, 0.3) is 0 Å². The van der Waals surface area contributed by atoms with Gasteiger partial charge in [-0.15, -0.1) is 0 Å². The molecule has 0 unspecified atom stereocenters. The zero-order valence-electron chi connectivity index (χ0n) is 10.5. The fourth-order valence-electron chi connectivity index (χ4n) is 1.33. The van der Waals surface area contributed by atoms with Crippen molar-refractivity contribution in [2.45, 2.75) is 19.9 Å². The summed E-state index contributed by atoms with van der Waals surface area (Å²) in [7, 11) is -3.59. The van der Waals surface area contributed by atoms with E-state index >= 15 is 0 Å². The first-order valence-corrected chi connectivity index (χ1v) is 7.15. The molecule has 0 atom stereocenters. The van der Waals surface area contributed by atoms with E-state index in [2.05, 4.69) is 9.44 Å². The number of nitrogens with one attached hydrogen (secondary N) is 2. The molecule has 0 heterocycles. The van der Waals surface area contributed by atoms with Crippen molar-refractivity contribution in [3.8, 4) is 5.75 Å². The minimum Gasteiger partial charge on any atom is -0.490 e. The summed E-state index contributed by atoms with van der Waals surface area (Å²) in [6.45, 7) is 4.19. The number of benzene rings is 1. The van der Waals surface area contributed by atoms with Crippen molar-refractivity contribution in [2.24, 2.45) is 5.73 Å². The Balaban J connectivity index is 2.83. The van der Waals surface area contributed by atoms with Gasteiger partial charge in [-0.1, -0.05) is 12.1 Å². The van der Waals surface area contributed by atoms with Crippen LogP contribution in [0.3, 0.4) is 0 Å². The molecule has 0 radical (unpaired) electrons. The second kappa shape index (κ2) is 6.58. The van der Waals surface area contributed by atoms with Crippen LogP contribution in [0.4, 0.5) is 5.69 Å². The zero-order chi connectivity index (χ0) is 13.6. The lowest BCUT2D eigenvalue weighted by atomic mass is 10.3. The second-order valence-corrected chi connectivity index (χ2v) is 5.46. The van der Waals surface area contributed by atoms with Gasteiger partial charge in [0, 0.05) is 12.6 Å². The summed E-state index contributed by atoms with van der Waals surface area (Å²) in [4.78, 5) is 0. The highest BCUT2D eigenvalue weighted by Crippen LogP contribution is 2.24. The Hall–Kier alpha value is -1.31. The van der Waals surface area contributed by atoms with Crippen molar-refractivity contribution in [3.63, 3.8) is 0 Å². The lowest BCUT2D eigenvalue weighted by molar-refractivity contribution is 0.330. The highest BCUT2D eigenvalue weighted by atomic mass is 32.2. The Bertz CT molecular complexity index is 474. The van der Waals surface area contributed by atoms with Gasteiger partial charge < -0.3 is 10.5 Å². The largest absolute Gasteiger partial charge is 0.490 e. The fraction of sp³-hybridized carbons (Fsp3) is 0.455. The molecule has 0 aromatic heterocycles. The summed E-state index contributed by atoms with van der Waals surface area (Å²) in [6, 6.07) is 6.62. The normalized spacial score (nSPS) is 11.6. The molecule has 0 spiro atoms. The van der Waals surface area contributed by atoms with Crippen molar-refractivity contribution in [1.82, 2.24) is 4.72 Å². The van der Waals surface area contributed by atoms with Crippen LogP contribution in [0, 0.1) is 0 Å². The third-order valence-corrected chi connectivity index (χ3v) is 3.17. The molecule has 4 N–H and O–H groups in total. The number of nitrogens with two attached hydrogens (primary N) is 1. The maximum Gasteiger partial charge on any atom is 0.299 e. The quantitative estimate of drug-likeness (QED) is 0.681. The van der Waals surface area contributed by atoms with Crippen molar-refractivity contribution in [1.29, 1.82) is 0 Å². The predicted octanol–water partition coefficient (Wildman–Crippen LogP) is 0.679. The number of anilines is 1. The van der Waals surface area contributed by atoms with Crippen LogP contribution in [0.15, 0.2) is 24.3 Å². The van der Waals surface area contributed by atoms with Crippen LogP contribution in [0.2, 0.25) is 0 Å². The summed E-state index contributed by atoms with van der Waals surface area (Å²) in [6.07, 6.45) is 0. The molecule has 0 bridgehead atoms. The molecule has 18 heavy (non-hydrogen) atoms. The fourth-order valence-corrected chi connectivity index (χ4v) is 2.47. The van der Waals surface area contributed by atoms with Crippen LogP contribution in [0.1, 0.15) is 13.8 Å². The number of rotatable bonds is 7. The van der Waals surface area contributed by atoms with E-state index in [0.717, 1.165) is 0 Å². The van der Waals surface area contributed by atoms with Crippen LogP contribution in [0.5, 0.6) is 5.75 Å². The van der Waals surface area contributed by atoms with Crippen LogP contribution >= 0.6 is 0 Å². The minimum atomic E-state index is -3.59. The second-order valence-electron chi connectivity index (χ2n) is 4.01. The monoisotopic (exact) mass is 273 g/mol. The molecule has 7 heteroatoms. The van der Waals surface area contributed by atoms with Gasteiger partial charge in [0.2, 0.25) is 0 Å². The number of ether oxygens (including phenoxy) is 1. The molecule has 0 aliphatic carbocycles. The summed E-state index contributed by atoms with van der Waals surface area (Å²) in [5.41, 5.74) is 5.73. The summed E-state index contributed by atoms with van der Waals surface area (Å²) in [5, 5.41) is 0. The van der Waals surface area contributed by atoms with E-state index in [4.69, 9.17) is 10.5 Å². The van der Waals surface area contributed by atoms with Crippen molar-refractivity contribution >= 4 is 15.9 Å².